The van der Waals surface area contributed by atoms with Gasteiger partial charge in [-0.05, 0) is 35.9 Å². The van der Waals surface area contributed by atoms with Gasteiger partial charge >= 0.3 is 0 Å². The van der Waals surface area contributed by atoms with Gasteiger partial charge in [-0.15, -0.1) is 6.58 Å². The summed E-state index contributed by atoms with van der Waals surface area (Å²) < 4.78 is 13.2. The number of carbonyl (C=O) groups excluding carboxylic acids is 1. The molecule has 1 amide bonds. The minimum atomic E-state index is -0.345. The first-order valence-corrected chi connectivity index (χ1v) is 8.37. The third kappa shape index (κ3) is 3.46. The molecule has 3 rings (SSSR count). The van der Waals surface area contributed by atoms with Crippen molar-refractivity contribution in [3.63, 3.8) is 0 Å². The predicted octanol–water partition coefficient (Wildman–Crippen LogP) is 4.49. The van der Waals surface area contributed by atoms with Crippen LogP contribution in [0.15, 0.2) is 77.9 Å². The maximum atomic E-state index is 13.2. The van der Waals surface area contributed by atoms with Crippen LogP contribution >= 0.6 is 11.8 Å². The van der Waals surface area contributed by atoms with Crippen molar-refractivity contribution in [3.8, 4) is 0 Å². The van der Waals surface area contributed by atoms with Gasteiger partial charge in [0.05, 0.1) is 5.69 Å². The molecule has 1 heterocycles. The Labute approximate surface area is 144 Å². The highest BCUT2D eigenvalue weighted by molar-refractivity contribution is 8.14. The summed E-state index contributed by atoms with van der Waals surface area (Å²) >= 11 is 1.41. The molecule has 0 aliphatic carbocycles. The molecule has 120 valence electrons. The number of amides is 1. The summed E-state index contributed by atoms with van der Waals surface area (Å²) in [6.07, 6.45) is 3.50. The van der Waals surface area contributed by atoms with Crippen LogP contribution in [0.2, 0.25) is 0 Å². The number of halogens is 1. The third-order valence-electron chi connectivity index (χ3n) is 3.35. The number of anilines is 1. The molecular formula is C19H15FN2OS. The summed E-state index contributed by atoms with van der Waals surface area (Å²) in [6, 6.07) is 15.3. The standard InChI is InChI=1S/C19H15FN2OS/c1-2-12-24-19-21-17(13-14-6-4-3-5-7-14)18(23)22(19)16-10-8-15(20)9-11-16/h2-11,13H,1,12H2. The Bertz CT molecular complexity index is 813. The Hall–Kier alpha value is -2.66. The molecule has 24 heavy (non-hydrogen) atoms. The molecule has 3 nitrogen and oxygen atoms in total. The van der Waals surface area contributed by atoms with E-state index >= 15 is 0 Å². The number of carbonyl (C=O) groups is 1. The molecule has 0 atom stereocenters. The zero-order valence-electron chi connectivity index (χ0n) is 12.9. The van der Waals surface area contributed by atoms with E-state index in [1.165, 1.54) is 28.8 Å². The van der Waals surface area contributed by atoms with Gasteiger partial charge in [0.25, 0.3) is 5.91 Å². The smallest absolute Gasteiger partial charge is 0.266 e. The molecule has 2 aromatic carbocycles. The van der Waals surface area contributed by atoms with Gasteiger partial charge in [-0.2, -0.15) is 0 Å². The number of benzene rings is 2. The number of amidine groups is 1. The van der Waals surface area contributed by atoms with E-state index in [4.69, 9.17) is 0 Å². The number of aliphatic imine (C=N–C) groups is 1. The van der Waals surface area contributed by atoms with E-state index in [0.29, 0.717) is 22.3 Å². The van der Waals surface area contributed by atoms with Crippen LogP contribution in [0, 0.1) is 5.82 Å². The molecule has 0 radical (unpaired) electrons. The van der Waals surface area contributed by atoms with E-state index in [0.717, 1.165) is 5.56 Å². The van der Waals surface area contributed by atoms with Crippen molar-refractivity contribution in [3.05, 3.63) is 84.3 Å². The minimum absolute atomic E-state index is 0.225. The molecule has 0 saturated heterocycles. The Morgan fingerprint density at radius 1 is 1.12 bits per heavy atom. The normalized spacial score (nSPS) is 15.7. The van der Waals surface area contributed by atoms with Gasteiger partial charge in [0.1, 0.15) is 11.5 Å². The topological polar surface area (TPSA) is 32.7 Å². The molecule has 0 bridgehead atoms. The molecular weight excluding hydrogens is 323 g/mol. The van der Waals surface area contributed by atoms with Gasteiger partial charge in [-0.1, -0.05) is 48.2 Å². The van der Waals surface area contributed by atoms with Crippen molar-refractivity contribution in [2.24, 2.45) is 4.99 Å². The summed E-state index contributed by atoms with van der Waals surface area (Å²) in [4.78, 5) is 18.7. The lowest BCUT2D eigenvalue weighted by atomic mass is 10.2. The van der Waals surface area contributed by atoms with Crippen LogP contribution in [0.25, 0.3) is 6.08 Å². The Morgan fingerprint density at radius 3 is 2.50 bits per heavy atom. The van der Waals surface area contributed by atoms with Crippen LogP contribution in [0.1, 0.15) is 5.56 Å². The van der Waals surface area contributed by atoms with E-state index in [1.807, 2.05) is 30.3 Å². The Kier molecular flexibility index (Phi) is 4.91. The van der Waals surface area contributed by atoms with E-state index < -0.39 is 0 Å². The zero-order valence-corrected chi connectivity index (χ0v) is 13.7. The molecule has 0 spiro atoms. The Morgan fingerprint density at radius 2 is 1.83 bits per heavy atom. The second-order valence-corrected chi connectivity index (χ2v) is 6.04. The van der Waals surface area contributed by atoms with E-state index in [-0.39, 0.29) is 11.7 Å². The lowest BCUT2D eigenvalue weighted by Crippen LogP contribution is -2.30. The van der Waals surface area contributed by atoms with Gasteiger partial charge < -0.3 is 0 Å². The second-order valence-electron chi connectivity index (χ2n) is 5.05. The lowest BCUT2D eigenvalue weighted by Gasteiger charge is -2.17. The number of nitrogens with zero attached hydrogens (tertiary/aromatic N) is 2. The SMILES string of the molecule is C=CCSC1=NC(=Cc2ccccc2)C(=O)N1c1ccc(F)cc1. The van der Waals surface area contributed by atoms with Crippen LogP contribution in [0.5, 0.6) is 0 Å². The van der Waals surface area contributed by atoms with Crippen LogP contribution in [-0.2, 0) is 4.79 Å². The number of hydrogen-bond donors (Lipinski definition) is 0. The van der Waals surface area contributed by atoms with Gasteiger partial charge in [0.2, 0.25) is 0 Å². The lowest BCUT2D eigenvalue weighted by molar-refractivity contribution is -0.113. The Balaban J connectivity index is 1.97. The van der Waals surface area contributed by atoms with E-state index in [2.05, 4.69) is 11.6 Å². The fraction of sp³-hybridized carbons (Fsp3) is 0.0526. The first-order valence-electron chi connectivity index (χ1n) is 7.38. The summed E-state index contributed by atoms with van der Waals surface area (Å²) in [6.45, 7) is 3.69. The average molecular weight is 338 g/mol. The molecule has 2 aromatic rings. The highest BCUT2D eigenvalue weighted by Crippen LogP contribution is 2.29. The first-order chi connectivity index (χ1) is 11.7. The average Bonchev–Trinajstić information content (AvgIpc) is 2.90. The van der Waals surface area contributed by atoms with Crippen molar-refractivity contribution in [2.45, 2.75) is 0 Å². The molecule has 0 unspecified atom stereocenters. The molecule has 0 aromatic heterocycles. The van der Waals surface area contributed by atoms with Crippen LogP contribution in [-0.4, -0.2) is 16.8 Å². The number of hydrogen-bond acceptors (Lipinski definition) is 3. The first kappa shape index (κ1) is 16.2. The van der Waals surface area contributed by atoms with Gasteiger partial charge in [-0.3, -0.25) is 9.69 Å². The zero-order chi connectivity index (χ0) is 16.9. The van der Waals surface area contributed by atoms with E-state index in [9.17, 15) is 9.18 Å². The summed E-state index contributed by atoms with van der Waals surface area (Å²) in [5.41, 5.74) is 1.85. The van der Waals surface area contributed by atoms with Crippen molar-refractivity contribution < 1.29 is 9.18 Å². The maximum absolute atomic E-state index is 13.2. The van der Waals surface area contributed by atoms with Crippen LogP contribution in [0.4, 0.5) is 10.1 Å². The monoisotopic (exact) mass is 338 g/mol. The number of thioether (sulfide) groups is 1. The molecule has 0 saturated carbocycles. The number of rotatable bonds is 4. The predicted molar refractivity (Wildman–Crippen MR) is 98.4 cm³/mol. The van der Waals surface area contributed by atoms with Crippen LogP contribution in [0.3, 0.4) is 0 Å². The summed E-state index contributed by atoms with van der Waals surface area (Å²) in [5.74, 6) is 0.0577. The van der Waals surface area contributed by atoms with Crippen molar-refractivity contribution in [2.75, 3.05) is 10.7 Å². The fourth-order valence-electron chi connectivity index (χ4n) is 2.25. The van der Waals surface area contributed by atoms with Crippen molar-refractivity contribution >= 4 is 34.6 Å². The fourth-order valence-corrected chi connectivity index (χ4v) is 3.00. The molecule has 1 aliphatic rings. The van der Waals surface area contributed by atoms with Crippen molar-refractivity contribution in [1.29, 1.82) is 0 Å². The molecule has 1 aliphatic heterocycles. The maximum Gasteiger partial charge on any atom is 0.283 e. The minimum Gasteiger partial charge on any atom is -0.266 e. The van der Waals surface area contributed by atoms with Gasteiger partial charge in [0, 0.05) is 5.75 Å². The molecule has 0 fully saturated rings. The van der Waals surface area contributed by atoms with E-state index in [1.54, 1.807) is 24.3 Å². The second kappa shape index (κ2) is 7.27. The molecule has 0 N–H and O–H groups in total. The quantitative estimate of drug-likeness (QED) is 0.608. The van der Waals surface area contributed by atoms with Gasteiger partial charge in [0.15, 0.2) is 5.17 Å². The third-order valence-corrected chi connectivity index (χ3v) is 4.28. The van der Waals surface area contributed by atoms with Gasteiger partial charge in [-0.25, -0.2) is 9.38 Å². The van der Waals surface area contributed by atoms with Crippen LogP contribution < -0.4 is 4.90 Å². The van der Waals surface area contributed by atoms with Crippen molar-refractivity contribution in [1.82, 2.24) is 0 Å². The highest BCUT2D eigenvalue weighted by Gasteiger charge is 2.31. The molecule has 5 heteroatoms. The largest absolute Gasteiger partial charge is 0.283 e. The summed E-state index contributed by atoms with van der Waals surface area (Å²) in [5, 5.41) is 0.564. The highest BCUT2D eigenvalue weighted by atomic mass is 32.2. The summed E-state index contributed by atoms with van der Waals surface area (Å²) in [7, 11) is 0.